The summed E-state index contributed by atoms with van der Waals surface area (Å²) in [5.41, 5.74) is 0.0656. The van der Waals surface area contributed by atoms with Crippen molar-refractivity contribution >= 4 is 29.5 Å². The summed E-state index contributed by atoms with van der Waals surface area (Å²) >= 11 is 1.49. The Hall–Kier alpha value is -1.58. The maximum Gasteiger partial charge on any atom is 0.353 e. The summed E-state index contributed by atoms with van der Waals surface area (Å²) in [5.74, 6) is -1.84. The first-order chi connectivity index (χ1) is 12.8. The molecule has 3 aliphatic rings. The second-order valence-corrected chi connectivity index (χ2v) is 8.85. The van der Waals surface area contributed by atoms with E-state index in [1.54, 1.807) is 18.9 Å². The number of nitrogens with zero attached hydrogens (tertiary/aromatic N) is 2. The van der Waals surface area contributed by atoms with E-state index in [0.29, 0.717) is 30.8 Å². The molecule has 3 aliphatic heterocycles. The Bertz CT molecular complexity index is 672. The first-order valence-electron chi connectivity index (χ1n) is 9.38. The van der Waals surface area contributed by atoms with E-state index in [-0.39, 0.29) is 34.8 Å². The molecule has 0 bridgehead atoms. The fourth-order valence-corrected chi connectivity index (χ4v) is 5.50. The summed E-state index contributed by atoms with van der Waals surface area (Å²) < 4.78 is 0. The summed E-state index contributed by atoms with van der Waals surface area (Å²) in [5, 5.41) is 22.8. The van der Waals surface area contributed by atoms with Crippen LogP contribution in [-0.4, -0.2) is 81.4 Å². The van der Waals surface area contributed by atoms with Crippen LogP contribution in [0.4, 0.5) is 0 Å². The number of carbonyl (C=O) groups is 3. The lowest BCUT2D eigenvalue weighted by atomic mass is 9.83. The molecule has 150 valence electrons. The number of amides is 2. The highest BCUT2D eigenvalue weighted by Crippen LogP contribution is 2.48. The predicted molar refractivity (Wildman–Crippen MR) is 101 cm³/mol. The molecule has 0 aromatic heterocycles. The van der Waals surface area contributed by atoms with E-state index < -0.39 is 18.0 Å². The molecule has 9 heteroatoms. The number of carboxylic acid groups (broad SMARTS) is 1. The van der Waals surface area contributed by atoms with Gasteiger partial charge in [0.25, 0.3) is 0 Å². The average molecular weight is 397 g/mol. The maximum absolute atomic E-state index is 12.3. The van der Waals surface area contributed by atoms with Gasteiger partial charge in [0.05, 0.1) is 24.1 Å². The quantitative estimate of drug-likeness (QED) is 0.550. The molecule has 0 radical (unpaired) electrons. The first-order valence-corrected chi connectivity index (χ1v) is 10.3. The number of fused-ring (bicyclic) bond motifs is 1. The Morgan fingerprint density at radius 1 is 1.41 bits per heavy atom. The smallest absolute Gasteiger partial charge is 0.353 e. The molecule has 0 spiro atoms. The van der Waals surface area contributed by atoms with E-state index in [1.807, 2.05) is 6.92 Å². The Morgan fingerprint density at radius 2 is 2.11 bits per heavy atom. The molecular weight excluding hydrogens is 370 g/mol. The van der Waals surface area contributed by atoms with Crippen molar-refractivity contribution in [1.82, 2.24) is 15.1 Å². The molecule has 0 aromatic carbocycles. The molecule has 0 unspecified atom stereocenters. The van der Waals surface area contributed by atoms with Crippen LogP contribution >= 0.6 is 11.8 Å². The van der Waals surface area contributed by atoms with E-state index in [9.17, 15) is 24.6 Å². The van der Waals surface area contributed by atoms with E-state index >= 15 is 0 Å². The number of thioether (sulfide) groups is 1. The standard InChI is InChI=1S/C18H27N3O5S/c1-4-20(3)16(23)11-6-5-10(8-19-11)27-13-7-12-14(9(2)22)17(24)21(12)15(13)18(25)26/h9-12,14,19,22H,4-8H2,1-3H3,(H,25,26)/t9-,10+,11+,12-,14-/m1/s1. The minimum Gasteiger partial charge on any atom is -0.477 e. The first kappa shape index (κ1) is 20.2. The van der Waals surface area contributed by atoms with E-state index in [0.717, 1.165) is 6.42 Å². The summed E-state index contributed by atoms with van der Waals surface area (Å²) in [7, 11) is 1.78. The third kappa shape index (κ3) is 3.60. The van der Waals surface area contributed by atoms with Crippen molar-refractivity contribution in [3.63, 3.8) is 0 Å². The minimum atomic E-state index is -1.10. The van der Waals surface area contributed by atoms with Gasteiger partial charge in [-0.2, -0.15) is 0 Å². The van der Waals surface area contributed by atoms with Crippen LogP contribution in [0.5, 0.6) is 0 Å². The van der Waals surface area contributed by atoms with Gasteiger partial charge >= 0.3 is 5.97 Å². The largest absolute Gasteiger partial charge is 0.477 e. The van der Waals surface area contributed by atoms with Crippen LogP contribution in [-0.2, 0) is 14.4 Å². The highest BCUT2D eigenvalue weighted by Gasteiger charge is 2.57. The zero-order chi connectivity index (χ0) is 19.9. The molecule has 0 aromatic rings. The summed E-state index contributed by atoms with van der Waals surface area (Å²) in [4.78, 5) is 40.0. The zero-order valence-electron chi connectivity index (χ0n) is 15.8. The number of carbonyl (C=O) groups excluding carboxylic acids is 2. The van der Waals surface area contributed by atoms with Crippen LogP contribution in [0.2, 0.25) is 0 Å². The maximum atomic E-state index is 12.3. The molecule has 3 N–H and O–H groups in total. The van der Waals surface area contributed by atoms with Crippen LogP contribution in [0.3, 0.4) is 0 Å². The number of hydrogen-bond acceptors (Lipinski definition) is 6. The fourth-order valence-electron chi connectivity index (χ4n) is 4.10. The Kier molecular flexibility index (Phi) is 5.83. The van der Waals surface area contributed by atoms with Gasteiger partial charge in [0, 0.05) is 36.7 Å². The van der Waals surface area contributed by atoms with Crippen molar-refractivity contribution < 1.29 is 24.6 Å². The number of β-lactam (4-membered cyclic amide) rings is 1. The molecule has 3 heterocycles. The fraction of sp³-hybridized carbons (Fsp3) is 0.722. The van der Waals surface area contributed by atoms with E-state index in [2.05, 4.69) is 5.32 Å². The molecule has 0 aliphatic carbocycles. The Balaban J connectivity index is 1.64. The van der Waals surface area contributed by atoms with Crippen LogP contribution in [0.1, 0.15) is 33.1 Å². The lowest BCUT2D eigenvalue weighted by Crippen LogP contribution is -2.61. The molecule has 3 rings (SSSR count). The number of aliphatic carboxylic acids is 1. The van der Waals surface area contributed by atoms with Crippen molar-refractivity contribution in [3.05, 3.63) is 10.6 Å². The molecule has 8 nitrogen and oxygen atoms in total. The lowest BCUT2D eigenvalue weighted by molar-refractivity contribution is -0.161. The number of carboxylic acids is 1. The molecular formula is C18H27N3O5S. The van der Waals surface area contributed by atoms with Gasteiger partial charge in [-0.15, -0.1) is 11.8 Å². The number of likely N-dealkylation sites (N-methyl/N-ethyl adjacent to an activating group) is 1. The third-order valence-corrected chi connectivity index (χ3v) is 7.10. The van der Waals surface area contributed by atoms with Gasteiger partial charge in [-0.1, -0.05) is 0 Å². The van der Waals surface area contributed by atoms with Crippen molar-refractivity contribution in [2.24, 2.45) is 5.92 Å². The topological polar surface area (TPSA) is 110 Å². The van der Waals surface area contributed by atoms with Gasteiger partial charge in [-0.3, -0.25) is 9.59 Å². The number of rotatable bonds is 6. The summed E-state index contributed by atoms with van der Waals surface area (Å²) in [6.07, 6.45) is 1.21. The van der Waals surface area contributed by atoms with E-state index in [4.69, 9.17) is 0 Å². The number of piperidine rings is 1. The van der Waals surface area contributed by atoms with Crippen LogP contribution in [0.15, 0.2) is 10.6 Å². The normalized spacial score (nSPS) is 31.4. The number of nitrogens with one attached hydrogen (secondary N) is 1. The molecule has 5 atom stereocenters. The van der Waals surface area contributed by atoms with Crippen molar-refractivity contribution in [1.29, 1.82) is 0 Å². The zero-order valence-corrected chi connectivity index (χ0v) is 16.7. The SMILES string of the molecule is CCN(C)C(=O)[C@@H]1CC[C@H](SC2=C(C(=O)O)N3C(=O)[C@H]([C@@H](C)O)[C@H]3C2)CN1. The minimum absolute atomic E-state index is 0.0656. The van der Waals surface area contributed by atoms with Crippen molar-refractivity contribution in [2.75, 3.05) is 20.1 Å². The number of hydrogen-bond donors (Lipinski definition) is 3. The monoisotopic (exact) mass is 397 g/mol. The van der Waals surface area contributed by atoms with Crippen LogP contribution in [0, 0.1) is 5.92 Å². The van der Waals surface area contributed by atoms with Gasteiger partial charge in [-0.25, -0.2) is 4.79 Å². The molecule has 0 saturated carbocycles. The van der Waals surface area contributed by atoms with E-state index in [1.165, 1.54) is 16.7 Å². The lowest BCUT2D eigenvalue weighted by Gasteiger charge is -2.44. The van der Waals surface area contributed by atoms with Gasteiger partial charge in [0.2, 0.25) is 11.8 Å². The average Bonchev–Trinajstić information content (AvgIpc) is 2.94. The summed E-state index contributed by atoms with van der Waals surface area (Å²) in [6, 6.07) is -0.445. The van der Waals surface area contributed by atoms with Gasteiger partial charge in [-0.05, 0) is 26.7 Å². The summed E-state index contributed by atoms with van der Waals surface area (Å²) in [6.45, 7) is 4.79. The second kappa shape index (κ2) is 7.81. The highest BCUT2D eigenvalue weighted by molar-refractivity contribution is 8.03. The second-order valence-electron chi connectivity index (χ2n) is 7.45. The van der Waals surface area contributed by atoms with Crippen LogP contribution < -0.4 is 5.32 Å². The molecule has 2 fully saturated rings. The van der Waals surface area contributed by atoms with Gasteiger partial charge in [0.1, 0.15) is 5.70 Å². The molecule has 27 heavy (non-hydrogen) atoms. The molecule has 2 amide bonds. The number of aliphatic hydroxyl groups is 1. The van der Waals surface area contributed by atoms with Gasteiger partial charge < -0.3 is 25.3 Å². The van der Waals surface area contributed by atoms with Crippen molar-refractivity contribution in [2.45, 2.75) is 56.5 Å². The van der Waals surface area contributed by atoms with Crippen LogP contribution in [0.25, 0.3) is 0 Å². The van der Waals surface area contributed by atoms with Crippen molar-refractivity contribution in [3.8, 4) is 0 Å². The Labute approximate surface area is 163 Å². The molecule has 2 saturated heterocycles. The predicted octanol–water partition coefficient (Wildman–Crippen LogP) is 0.226. The van der Waals surface area contributed by atoms with Gasteiger partial charge in [0.15, 0.2) is 0 Å². The Morgan fingerprint density at radius 3 is 2.63 bits per heavy atom. The third-order valence-electron chi connectivity index (χ3n) is 5.72. The highest BCUT2D eigenvalue weighted by atomic mass is 32.2. The number of aliphatic hydroxyl groups excluding tert-OH is 1.